The number of sulfonamides is 1. The third kappa shape index (κ3) is 3.74. The second kappa shape index (κ2) is 7.05. The first-order valence-electron chi connectivity index (χ1n) is 7.34. The summed E-state index contributed by atoms with van der Waals surface area (Å²) in [5.41, 5.74) is 0. The summed E-state index contributed by atoms with van der Waals surface area (Å²) in [6.07, 6.45) is 3.18. The van der Waals surface area contributed by atoms with Crippen molar-refractivity contribution in [1.82, 2.24) is 14.2 Å². The van der Waals surface area contributed by atoms with E-state index in [1.165, 1.54) is 18.3 Å². The summed E-state index contributed by atoms with van der Waals surface area (Å²) in [5, 5.41) is 0.203. The Hall–Kier alpha value is -0.690. The molecule has 1 saturated heterocycles. The molecule has 0 aromatic carbocycles. The molecule has 2 rings (SSSR count). The Morgan fingerprint density at radius 2 is 1.95 bits per heavy atom. The first-order chi connectivity index (χ1) is 9.98. The molecule has 1 fully saturated rings. The van der Waals surface area contributed by atoms with Crippen LogP contribution in [0.2, 0.25) is 5.15 Å². The monoisotopic (exact) mass is 331 g/mol. The molecule has 2 heterocycles. The molecule has 0 spiro atoms. The van der Waals surface area contributed by atoms with Gasteiger partial charge in [0, 0.05) is 25.3 Å². The lowest BCUT2D eigenvalue weighted by atomic mass is 10.1. The Morgan fingerprint density at radius 1 is 1.33 bits per heavy atom. The number of halogens is 1. The fourth-order valence-electron chi connectivity index (χ4n) is 2.88. The lowest BCUT2D eigenvalue weighted by Gasteiger charge is -2.37. The lowest BCUT2D eigenvalue weighted by molar-refractivity contribution is 0.152. The third-order valence-electron chi connectivity index (χ3n) is 4.09. The summed E-state index contributed by atoms with van der Waals surface area (Å²) in [6.45, 7) is 7.42. The molecular formula is C14H22ClN3O2S. The minimum absolute atomic E-state index is 0.203. The molecule has 0 unspecified atom stereocenters. The molecule has 0 bridgehead atoms. The van der Waals surface area contributed by atoms with E-state index in [1.54, 1.807) is 4.31 Å². The van der Waals surface area contributed by atoms with Crippen molar-refractivity contribution in [3.05, 3.63) is 23.5 Å². The van der Waals surface area contributed by atoms with Gasteiger partial charge >= 0.3 is 0 Å². The number of hydrogen-bond donors (Lipinski definition) is 0. The predicted octanol–water partition coefficient (Wildman–Crippen LogP) is 2.23. The highest BCUT2D eigenvalue weighted by Gasteiger charge is 2.31. The SMILES string of the molecule is CCN(CC)C1CCN(S(=O)(=O)c2ccnc(Cl)c2)CC1. The van der Waals surface area contributed by atoms with E-state index in [4.69, 9.17) is 11.6 Å². The molecular weight excluding hydrogens is 310 g/mol. The molecule has 1 aromatic heterocycles. The molecule has 7 heteroatoms. The first-order valence-corrected chi connectivity index (χ1v) is 9.16. The van der Waals surface area contributed by atoms with Crippen LogP contribution < -0.4 is 0 Å². The minimum Gasteiger partial charge on any atom is -0.301 e. The highest BCUT2D eigenvalue weighted by atomic mass is 35.5. The zero-order chi connectivity index (χ0) is 15.5. The summed E-state index contributed by atoms with van der Waals surface area (Å²) in [6, 6.07) is 3.39. The van der Waals surface area contributed by atoms with Crippen LogP contribution in [0.25, 0.3) is 0 Å². The van der Waals surface area contributed by atoms with Gasteiger partial charge in [-0.15, -0.1) is 0 Å². The van der Waals surface area contributed by atoms with Gasteiger partial charge in [-0.25, -0.2) is 13.4 Å². The summed E-state index contributed by atoms with van der Waals surface area (Å²) in [4.78, 5) is 6.45. The van der Waals surface area contributed by atoms with Crippen LogP contribution in [0.5, 0.6) is 0 Å². The van der Waals surface area contributed by atoms with E-state index in [-0.39, 0.29) is 10.0 Å². The van der Waals surface area contributed by atoms with Gasteiger partial charge < -0.3 is 4.90 Å². The number of hydrogen-bond acceptors (Lipinski definition) is 4. The molecule has 0 radical (unpaired) electrons. The molecule has 1 aromatic rings. The summed E-state index contributed by atoms with van der Waals surface area (Å²) < 4.78 is 26.7. The van der Waals surface area contributed by atoms with Crippen LogP contribution in [0, 0.1) is 0 Å². The Balaban J connectivity index is 2.08. The zero-order valence-electron chi connectivity index (χ0n) is 12.5. The molecule has 0 aliphatic carbocycles. The number of piperidine rings is 1. The Morgan fingerprint density at radius 3 is 2.48 bits per heavy atom. The van der Waals surface area contributed by atoms with Crippen molar-refractivity contribution in [1.29, 1.82) is 0 Å². The molecule has 21 heavy (non-hydrogen) atoms. The molecule has 1 aliphatic rings. The van der Waals surface area contributed by atoms with Gasteiger partial charge in [0.15, 0.2) is 0 Å². The van der Waals surface area contributed by atoms with Gasteiger partial charge in [-0.2, -0.15) is 4.31 Å². The molecule has 0 saturated carbocycles. The van der Waals surface area contributed by atoms with Crippen LogP contribution >= 0.6 is 11.6 Å². The van der Waals surface area contributed by atoms with Crippen LogP contribution in [0.15, 0.2) is 23.2 Å². The largest absolute Gasteiger partial charge is 0.301 e. The second-order valence-corrected chi connectivity index (χ2v) is 7.50. The van der Waals surface area contributed by atoms with Gasteiger partial charge in [0.25, 0.3) is 0 Å². The van der Waals surface area contributed by atoms with E-state index in [0.717, 1.165) is 25.9 Å². The molecule has 0 atom stereocenters. The average molecular weight is 332 g/mol. The van der Waals surface area contributed by atoms with Crippen molar-refractivity contribution < 1.29 is 8.42 Å². The van der Waals surface area contributed by atoms with Crippen LogP contribution in [0.4, 0.5) is 0 Å². The van der Waals surface area contributed by atoms with Crippen molar-refractivity contribution >= 4 is 21.6 Å². The van der Waals surface area contributed by atoms with Crippen LogP contribution in [0.3, 0.4) is 0 Å². The van der Waals surface area contributed by atoms with Crippen molar-refractivity contribution in [3.8, 4) is 0 Å². The van der Waals surface area contributed by atoms with Crippen molar-refractivity contribution in [2.45, 2.75) is 37.6 Å². The fraction of sp³-hybridized carbons (Fsp3) is 0.643. The van der Waals surface area contributed by atoms with Gasteiger partial charge in [-0.05, 0) is 38.1 Å². The topological polar surface area (TPSA) is 53.5 Å². The zero-order valence-corrected chi connectivity index (χ0v) is 14.1. The Labute approximate surface area is 132 Å². The lowest BCUT2D eigenvalue weighted by Crippen LogP contribution is -2.46. The highest BCUT2D eigenvalue weighted by molar-refractivity contribution is 7.89. The predicted molar refractivity (Wildman–Crippen MR) is 83.9 cm³/mol. The summed E-state index contributed by atoms with van der Waals surface area (Å²) >= 11 is 5.79. The maximum atomic E-state index is 12.6. The van der Waals surface area contributed by atoms with E-state index in [1.807, 2.05) is 0 Å². The summed E-state index contributed by atoms with van der Waals surface area (Å²) in [7, 11) is -3.46. The van der Waals surface area contributed by atoms with Gasteiger partial charge in [-0.3, -0.25) is 0 Å². The normalized spacial score (nSPS) is 18.3. The Kier molecular flexibility index (Phi) is 5.60. The van der Waals surface area contributed by atoms with E-state index in [2.05, 4.69) is 23.7 Å². The molecule has 118 valence electrons. The Bertz CT molecular complexity index is 567. The van der Waals surface area contributed by atoms with Crippen molar-refractivity contribution in [2.75, 3.05) is 26.2 Å². The van der Waals surface area contributed by atoms with Crippen LogP contribution in [0.1, 0.15) is 26.7 Å². The third-order valence-corrected chi connectivity index (χ3v) is 6.19. The van der Waals surface area contributed by atoms with Crippen LogP contribution in [-0.2, 0) is 10.0 Å². The number of aromatic nitrogens is 1. The van der Waals surface area contributed by atoms with E-state index in [0.29, 0.717) is 19.1 Å². The van der Waals surface area contributed by atoms with E-state index >= 15 is 0 Å². The first kappa shape index (κ1) is 16.7. The number of nitrogens with zero attached hydrogens (tertiary/aromatic N) is 3. The van der Waals surface area contributed by atoms with Gasteiger partial charge in [0.1, 0.15) is 5.15 Å². The molecule has 5 nitrogen and oxygen atoms in total. The molecule has 1 aliphatic heterocycles. The highest BCUT2D eigenvalue weighted by Crippen LogP contribution is 2.23. The summed E-state index contributed by atoms with van der Waals surface area (Å²) in [5.74, 6) is 0. The van der Waals surface area contributed by atoms with Crippen molar-refractivity contribution in [3.63, 3.8) is 0 Å². The maximum Gasteiger partial charge on any atom is 0.243 e. The quantitative estimate of drug-likeness (QED) is 0.776. The second-order valence-electron chi connectivity index (χ2n) is 5.17. The smallest absolute Gasteiger partial charge is 0.243 e. The molecule has 0 amide bonds. The minimum atomic E-state index is -3.46. The number of rotatable bonds is 5. The fourth-order valence-corrected chi connectivity index (χ4v) is 4.60. The van der Waals surface area contributed by atoms with Gasteiger partial charge in [0.2, 0.25) is 10.0 Å². The standard InChI is InChI=1S/C14H22ClN3O2S/c1-3-17(4-2)12-6-9-18(10-7-12)21(19,20)13-5-8-16-14(15)11-13/h5,8,11-12H,3-4,6-7,9-10H2,1-2H3. The molecule has 0 N–H and O–H groups in total. The van der Waals surface area contributed by atoms with E-state index in [9.17, 15) is 8.42 Å². The van der Waals surface area contributed by atoms with Crippen LogP contribution in [-0.4, -0.2) is 54.8 Å². The van der Waals surface area contributed by atoms with Crippen molar-refractivity contribution in [2.24, 2.45) is 0 Å². The average Bonchev–Trinajstić information content (AvgIpc) is 2.49. The maximum absolute atomic E-state index is 12.6. The van der Waals surface area contributed by atoms with Gasteiger partial charge in [-0.1, -0.05) is 25.4 Å². The van der Waals surface area contributed by atoms with Gasteiger partial charge in [0.05, 0.1) is 4.90 Å². The number of pyridine rings is 1. The van der Waals surface area contributed by atoms with E-state index < -0.39 is 10.0 Å².